The molecule has 1 saturated heterocycles. The van der Waals surface area contributed by atoms with E-state index in [9.17, 15) is 34.2 Å². The predicted octanol–water partition coefficient (Wildman–Crippen LogP) is 5.23. The third-order valence-electron chi connectivity index (χ3n) is 8.47. The van der Waals surface area contributed by atoms with E-state index < -0.39 is 40.9 Å². The van der Waals surface area contributed by atoms with Gasteiger partial charge in [-0.2, -0.15) is 0 Å². The molecule has 48 heavy (non-hydrogen) atoms. The lowest BCUT2D eigenvalue weighted by molar-refractivity contribution is -0.144. The maximum atomic E-state index is 13.4. The highest BCUT2D eigenvalue weighted by Crippen LogP contribution is 2.59. The molecule has 3 heterocycles. The van der Waals surface area contributed by atoms with Gasteiger partial charge in [0.25, 0.3) is 0 Å². The maximum absolute atomic E-state index is 13.4. The van der Waals surface area contributed by atoms with Gasteiger partial charge < -0.3 is 24.4 Å². The van der Waals surface area contributed by atoms with Gasteiger partial charge in [-0.15, -0.1) is 0 Å². The van der Waals surface area contributed by atoms with Crippen molar-refractivity contribution in [2.45, 2.75) is 25.4 Å². The second-order valence-electron chi connectivity index (χ2n) is 11.6. The fourth-order valence-corrected chi connectivity index (χ4v) is 6.60. The molecule has 0 aliphatic carbocycles. The summed E-state index contributed by atoms with van der Waals surface area (Å²) in [6.07, 6.45) is 0.418. The number of hydrogen-bond acceptors (Lipinski definition) is 10. The van der Waals surface area contributed by atoms with Crippen molar-refractivity contribution in [1.29, 1.82) is 0 Å². The van der Waals surface area contributed by atoms with Gasteiger partial charge in [-0.1, -0.05) is 46.8 Å². The molecule has 3 aromatic carbocycles. The van der Waals surface area contributed by atoms with E-state index in [4.69, 9.17) is 14.2 Å². The number of fused-ring (bicyclic) bond motifs is 6. The third kappa shape index (κ3) is 5.14. The van der Waals surface area contributed by atoms with Crippen LogP contribution in [0.4, 0.5) is 15.3 Å². The van der Waals surface area contributed by atoms with Crippen molar-refractivity contribution >= 4 is 51.5 Å². The number of allylic oxidation sites excluding steroid dienone is 2. The molecule has 246 valence electrons. The molecule has 3 aliphatic rings. The van der Waals surface area contributed by atoms with Crippen molar-refractivity contribution in [3.05, 3.63) is 99.6 Å². The van der Waals surface area contributed by atoms with E-state index in [1.165, 1.54) is 31.3 Å². The molecule has 4 N–H and O–H groups in total. The number of phenols is 2. The molecule has 0 bridgehead atoms. The first-order chi connectivity index (χ1) is 22.8. The number of nitrogens with one attached hydrogen (secondary N) is 2. The van der Waals surface area contributed by atoms with Crippen LogP contribution < -0.4 is 20.3 Å². The Hall–Kier alpha value is -5.63. The second kappa shape index (κ2) is 11.9. The molecule has 0 saturated carbocycles. The zero-order valence-corrected chi connectivity index (χ0v) is 27.2. The Morgan fingerprint density at radius 2 is 1.71 bits per heavy atom. The number of nitrogens with zero attached hydrogens (tertiary/aromatic N) is 1. The number of hydrogen-bond donors (Lipinski definition) is 4. The molecule has 14 heteroatoms. The summed E-state index contributed by atoms with van der Waals surface area (Å²) in [4.78, 5) is 64.7. The summed E-state index contributed by atoms with van der Waals surface area (Å²) in [6, 6.07) is 13.2. The SMILES string of the molecule is C=C(Br)CC1(C/C=C(\C)COC(=O)N(C)c2c(O)ccc3c2Oc2cc(O)ccc2C32OC(=O)c3ccccc32)C(=O)NC(=O)NC1=O. The molecule has 3 aromatic rings. The van der Waals surface area contributed by atoms with Crippen molar-refractivity contribution in [1.82, 2.24) is 10.6 Å². The number of rotatable bonds is 7. The summed E-state index contributed by atoms with van der Waals surface area (Å²) in [5.74, 6) is -2.51. The Morgan fingerprint density at radius 1 is 1.02 bits per heavy atom. The van der Waals surface area contributed by atoms with E-state index >= 15 is 0 Å². The Labute approximate surface area is 281 Å². The molecule has 13 nitrogen and oxygen atoms in total. The Kier molecular flexibility index (Phi) is 7.99. The standard InChI is InChI=1S/C34H28BrN3O10/c1-17(12-13-33(15-18(2)35)29(42)36-31(44)37-30(33)43)16-46-32(45)38(3)26-24(40)11-10-23-27(26)47-25-14-19(39)8-9-22(25)34(23)21-7-5-4-6-20(21)28(41)48-34/h4-12,14,39-40H,2,13,15-16H2,1,3H3,(H2,36,37,42,43,44)/b17-12+. The van der Waals surface area contributed by atoms with Gasteiger partial charge in [-0.3, -0.25) is 25.1 Å². The molecule has 5 amide bonds. The molecular weight excluding hydrogens is 690 g/mol. The Balaban J connectivity index is 1.30. The predicted molar refractivity (Wildman–Crippen MR) is 173 cm³/mol. The van der Waals surface area contributed by atoms with Crippen LogP contribution in [0.3, 0.4) is 0 Å². The molecule has 1 atom stereocenters. The van der Waals surface area contributed by atoms with Gasteiger partial charge >= 0.3 is 18.1 Å². The number of imide groups is 2. The molecule has 6 rings (SSSR count). The molecule has 0 aromatic heterocycles. The number of ether oxygens (including phenoxy) is 3. The van der Waals surface area contributed by atoms with Crippen LogP contribution in [0.5, 0.6) is 23.0 Å². The monoisotopic (exact) mass is 717 g/mol. The molecule has 1 fully saturated rings. The summed E-state index contributed by atoms with van der Waals surface area (Å²) < 4.78 is 18.2. The molecule has 1 unspecified atom stereocenters. The Bertz CT molecular complexity index is 1970. The number of halogens is 1. The summed E-state index contributed by atoms with van der Waals surface area (Å²) in [7, 11) is 1.35. The zero-order valence-electron chi connectivity index (χ0n) is 25.6. The van der Waals surface area contributed by atoms with Crippen LogP contribution in [0.25, 0.3) is 0 Å². The number of carbonyl (C=O) groups is 5. The van der Waals surface area contributed by atoms with E-state index in [0.717, 1.165) is 4.90 Å². The topological polar surface area (TPSA) is 181 Å². The fourth-order valence-electron chi connectivity index (χ4n) is 6.12. The van der Waals surface area contributed by atoms with Crippen LogP contribution in [-0.2, 0) is 24.7 Å². The van der Waals surface area contributed by atoms with Gasteiger partial charge in [0.1, 0.15) is 35.0 Å². The number of amides is 5. The minimum absolute atomic E-state index is 0.00914. The van der Waals surface area contributed by atoms with Crippen LogP contribution in [-0.4, -0.2) is 53.8 Å². The van der Waals surface area contributed by atoms with Crippen molar-refractivity contribution in [2.24, 2.45) is 5.41 Å². The van der Waals surface area contributed by atoms with Crippen LogP contribution >= 0.6 is 15.9 Å². The van der Waals surface area contributed by atoms with Crippen molar-refractivity contribution < 1.29 is 48.4 Å². The number of barbiturate groups is 1. The van der Waals surface area contributed by atoms with Crippen LogP contribution in [0, 0.1) is 5.41 Å². The fraction of sp³-hybridized carbons (Fsp3) is 0.206. The number of anilines is 1. The van der Waals surface area contributed by atoms with Gasteiger partial charge in [-0.25, -0.2) is 14.4 Å². The van der Waals surface area contributed by atoms with Gasteiger partial charge in [0, 0.05) is 30.7 Å². The highest BCUT2D eigenvalue weighted by atomic mass is 79.9. The second-order valence-corrected chi connectivity index (χ2v) is 12.7. The van der Waals surface area contributed by atoms with Gasteiger partial charge in [0.05, 0.1) is 11.1 Å². The van der Waals surface area contributed by atoms with Crippen molar-refractivity contribution in [2.75, 3.05) is 18.6 Å². The average molecular weight is 719 g/mol. The number of phenolic OH excluding ortho intramolecular Hbond substituents is 2. The largest absolute Gasteiger partial charge is 0.508 e. The number of benzene rings is 3. The number of aromatic hydroxyl groups is 2. The van der Waals surface area contributed by atoms with E-state index in [0.29, 0.717) is 32.3 Å². The zero-order chi connectivity index (χ0) is 34.5. The number of esters is 1. The lowest BCUT2D eigenvalue weighted by Gasteiger charge is -2.38. The minimum Gasteiger partial charge on any atom is -0.508 e. The van der Waals surface area contributed by atoms with Gasteiger partial charge in [0.2, 0.25) is 11.8 Å². The van der Waals surface area contributed by atoms with Crippen LogP contribution in [0.2, 0.25) is 0 Å². The quantitative estimate of drug-likeness (QED) is 0.144. The summed E-state index contributed by atoms with van der Waals surface area (Å²) in [6.45, 7) is 5.08. The highest BCUT2D eigenvalue weighted by molar-refractivity contribution is 9.11. The summed E-state index contributed by atoms with van der Waals surface area (Å²) >= 11 is 3.18. The normalized spacial score (nSPS) is 18.9. The Morgan fingerprint density at radius 3 is 2.42 bits per heavy atom. The summed E-state index contributed by atoms with van der Waals surface area (Å²) in [5, 5.41) is 25.5. The van der Waals surface area contributed by atoms with Crippen LogP contribution in [0.15, 0.2) is 77.3 Å². The molecular formula is C34H28BrN3O10. The van der Waals surface area contributed by atoms with Gasteiger partial charge in [-0.05, 0) is 53.7 Å². The highest BCUT2D eigenvalue weighted by Gasteiger charge is 2.54. The first-order valence-corrected chi connectivity index (χ1v) is 15.3. The molecule has 3 aliphatic heterocycles. The van der Waals surface area contributed by atoms with Crippen LogP contribution in [0.1, 0.15) is 46.8 Å². The smallest absolute Gasteiger partial charge is 0.414 e. The van der Waals surface area contributed by atoms with E-state index in [2.05, 4.69) is 33.1 Å². The minimum atomic E-state index is -1.66. The first kappa shape index (κ1) is 32.3. The average Bonchev–Trinajstić information content (AvgIpc) is 3.32. The van der Waals surface area contributed by atoms with Gasteiger partial charge in [0.15, 0.2) is 11.4 Å². The third-order valence-corrected chi connectivity index (χ3v) is 8.75. The van der Waals surface area contributed by atoms with E-state index in [1.807, 2.05) is 0 Å². The lowest BCUT2D eigenvalue weighted by atomic mass is 9.77. The first-order valence-electron chi connectivity index (χ1n) is 14.6. The molecule has 1 spiro atoms. The number of urea groups is 1. The van der Waals surface area contributed by atoms with Crippen molar-refractivity contribution in [3.63, 3.8) is 0 Å². The van der Waals surface area contributed by atoms with E-state index in [-0.39, 0.29) is 48.1 Å². The van der Waals surface area contributed by atoms with E-state index in [1.54, 1.807) is 43.3 Å². The molecule has 0 radical (unpaired) electrons. The summed E-state index contributed by atoms with van der Waals surface area (Å²) in [5.41, 5.74) is -1.21. The maximum Gasteiger partial charge on any atom is 0.414 e. The number of carbonyl (C=O) groups excluding carboxylic acids is 5. The lowest BCUT2D eigenvalue weighted by Crippen LogP contribution is -2.62. The van der Waals surface area contributed by atoms with Crippen molar-refractivity contribution in [3.8, 4) is 23.0 Å².